The maximum Gasteiger partial charge on any atom is 0.257 e. The van der Waals surface area contributed by atoms with E-state index in [4.69, 9.17) is 22.1 Å². The molecule has 3 heterocycles. The van der Waals surface area contributed by atoms with Gasteiger partial charge in [0.1, 0.15) is 18.2 Å². The Morgan fingerprint density at radius 2 is 2.00 bits per heavy atom. The van der Waals surface area contributed by atoms with Gasteiger partial charge in [-0.25, -0.2) is 9.97 Å². The first kappa shape index (κ1) is 22.3. The third kappa shape index (κ3) is 4.83. The number of nitrogen functional groups attached to an aromatic ring is 1. The number of ether oxygens (including phenoxy) is 1. The summed E-state index contributed by atoms with van der Waals surface area (Å²) < 4.78 is 7.79. The quantitative estimate of drug-likeness (QED) is 0.431. The molecule has 3 rings (SSSR count). The van der Waals surface area contributed by atoms with Crippen LogP contribution in [0.4, 0.5) is 5.82 Å². The van der Waals surface area contributed by atoms with E-state index in [1.165, 1.54) is 4.90 Å². The fourth-order valence-electron chi connectivity index (χ4n) is 2.99. The predicted octanol–water partition coefficient (Wildman–Crippen LogP) is 4.35. The summed E-state index contributed by atoms with van der Waals surface area (Å²) in [7, 11) is 2.22. The molecular formula is C21H28ClN5O2Si. The van der Waals surface area contributed by atoms with Gasteiger partial charge in [0.25, 0.3) is 5.91 Å². The molecule has 3 aromatic rings. The van der Waals surface area contributed by atoms with Gasteiger partial charge in [-0.3, -0.25) is 4.79 Å². The molecule has 0 saturated carbocycles. The first-order chi connectivity index (χ1) is 14.1. The van der Waals surface area contributed by atoms with Gasteiger partial charge in [-0.2, -0.15) is 0 Å². The molecule has 0 aromatic carbocycles. The smallest absolute Gasteiger partial charge is 0.257 e. The standard InChI is InChI=1S/C21H28ClN5O2Si/c1-26(2)21(28)16-10-14(11-24-19(16)23)17-12-25-20-15(18(17)22)6-7-27(20)13-29-8-9-30(3,4)5/h6-7,10-12H,8-9,13H2,1-5H3,(H2,23,24). The van der Waals surface area contributed by atoms with Crippen LogP contribution in [0.5, 0.6) is 0 Å². The number of fused-ring (bicyclic) bond motifs is 1. The zero-order valence-electron chi connectivity index (χ0n) is 18.1. The van der Waals surface area contributed by atoms with E-state index in [-0.39, 0.29) is 11.7 Å². The van der Waals surface area contributed by atoms with Crippen molar-refractivity contribution in [1.29, 1.82) is 0 Å². The van der Waals surface area contributed by atoms with Crippen LogP contribution in [-0.4, -0.2) is 54.1 Å². The second-order valence-electron chi connectivity index (χ2n) is 8.71. The van der Waals surface area contributed by atoms with Crippen LogP contribution < -0.4 is 5.73 Å². The largest absolute Gasteiger partial charge is 0.383 e. The van der Waals surface area contributed by atoms with Crippen LogP contribution in [-0.2, 0) is 11.5 Å². The highest BCUT2D eigenvalue weighted by atomic mass is 35.5. The molecule has 160 valence electrons. The number of carbonyl (C=O) groups is 1. The Morgan fingerprint density at radius 3 is 2.67 bits per heavy atom. The minimum atomic E-state index is -1.12. The number of aromatic nitrogens is 3. The van der Waals surface area contributed by atoms with Crippen LogP contribution in [0.25, 0.3) is 22.2 Å². The molecule has 0 atom stereocenters. The molecule has 0 aliphatic rings. The Labute approximate surface area is 182 Å². The fraction of sp³-hybridized carbons (Fsp3) is 0.381. The Hall–Kier alpha value is -2.42. The van der Waals surface area contributed by atoms with Gasteiger partial charge in [-0.1, -0.05) is 31.2 Å². The highest BCUT2D eigenvalue weighted by Gasteiger charge is 2.18. The van der Waals surface area contributed by atoms with Crippen LogP contribution >= 0.6 is 11.6 Å². The van der Waals surface area contributed by atoms with E-state index in [0.29, 0.717) is 28.4 Å². The van der Waals surface area contributed by atoms with Crippen molar-refractivity contribution in [3.8, 4) is 11.1 Å². The Bertz CT molecular complexity index is 1080. The zero-order valence-corrected chi connectivity index (χ0v) is 19.8. The van der Waals surface area contributed by atoms with Crippen LogP contribution in [0.2, 0.25) is 30.7 Å². The molecule has 0 aliphatic carbocycles. The molecule has 0 saturated heterocycles. The average Bonchev–Trinajstić information content (AvgIpc) is 3.09. The second kappa shape index (κ2) is 8.75. The lowest BCUT2D eigenvalue weighted by atomic mass is 10.1. The van der Waals surface area contributed by atoms with Crippen LogP contribution in [0.3, 0.4) is 0 Å². The number of anilines is 1. The molecule has 1 amide bonds. The van der Waals surface area contributed by atoms with Crippen molar-refractivity contribution < 1.29 is 9.53 Å². The summed E-state index contributed by atoms with van der Waals surface area (Å²) in [6.45, 7) is 8.15. The summed E-state index contributed by atoms with van der Waals surface area (Å²) in [6.07, 6.45) is 5.22. The number of carbonyl (C=O) groups excluding carboxylic acids is 1. The first-order valence-corrected chi connectivity index (χ1v) is 13.9. The van der Waals surface area contributed by atoms with Crippen LogP contribution in [0.1, 0.15) is 10.4 Å². The number of hydrogen-bond donors (Lipinski definition) is 1. The third-order valence-electron chi connectivity index (χ3n) is 4.82. The number of pyridine rings is 2. The van der Waals surface area contributed by atoms with Crippen molar-refractivity contribution in [1.82, 2.24) is 19.4 Å². The van der Waals surface area contributed by atoms with Crippen molar-refractivity contribution in [3.05, 3.63) is 41.3 Å². The SMILES string of the molecule is CN(C)C(=O)c1cc(-c2cnc3c(ccn3COCC[Si](C)(C)C)c2Cl)cnc1N. The molecule has 0 bridgehead atoms. The molecule has 0 unspecified atom stereocenters. The van der Waals surface area contributed by atoms with Crippen LogP contribution in [0, 0.1) is 0 Å². The normalized spacial score (nSPS) is 11.8. The number of rotatable bonds is 7. The minimum absolute atomic E-state index is 0.184. The monoisotopic (exact) mass is 445 g/mol. The first-order valence-electron chi connectivity index (χ1n) is 9.77. The van der Waals surface area contributed by atoms with Crippen molar-refractivity contribution in [3.63, 3.8) is 0 Å². The van der Waals surface area contributed by atoms with Gasteiger partial charge in [0.15, 0.2) is 0 Å². The average molecular weight is 446 g/mol. The number of nitrogens with two attached hydrogens (primary N) is 1. The zero-order chi connectivity index (χ0) is 22.1. The second-order valence-corrected chi connectivity index (χ2v) is 14.7. The fourth-order valence-corrected chi connectivity index (χ4v) is 4.05. The number of halogens is 1. The summed E-state index contributed by atoms with van der Waals surface area (Å²) >= 11 is 6.70. The maximum atomic E-state index is 12.4. The Morgan fingerprint density at radius 1 is 1.27 bits per heavy atom. The molecule has 2 N–H and O–H groups in total. The predicted molar refractivity (Wildman–Crippen MR) is 125 cm³/mol. The van der Waals surface area contributed by atoms with Crippen molar-refractivity contribution in [2.24, 2.45) is 0 Å². The van der Waals surface area contributed by atoms with Crippen molar-refractivity contribution in [2.45, 2.75) is 32.4 Å². The van der Waals surface area contributed by atoms with Gasteiger partial charge in [-0.05, 0) is 18.2 Å². The Balaban J connectivity index is 1.88. The molecule has 0 aliphatic heterocycles. The Kier molecular flexibility index (Phi) is 6.49. The van der Waals surface area contributed by atoms with E-state index in [1.54, 1.807) is 32.6 Å². The van der Waals surface area contributed by atoms with Crippen molar-refractivity contribution in [2.75, 3.05) is 26.4 Å². The number of nitrogens with zero attached hydrogens (tertiary/aromatic N) is 4. The van der Waals surface area contributed by atoms with Gasteiger partial charge in [-0.15, -0.1) is 0 Å². The molecule has 3 aromatic heterocycles. The van der Waals surface area contributed by atoms with E-state index in [0.717, 1.165) is 23.7 Å². The lowest BCUT2D eigenvalue weighted by molar-refractivity contribution is 0.0828. The maximum absolute atomic E-state index is 12.4. The minimum Gasteiger partial charge on any atom is -0.383 e. The summed E-state index contributed by atoms with van der Waals surface area (Å²) in [4.78, 5) is 22.6. The van der Waals surface area contributed by atoms with Gasteiger partial charge >= 0.3 is 0 Å². The molecule has 30 heavy (non-hydrogen) atoms. The molecule has 9 heteroatoms. The van der Waals surface area contributed by atoms with E-state index < -0.39 is 8.07 Å². The van der Waals surface area contributed by atoms with Gasteiger partial charge in [0.2, 0.25) is 0 Å². The summed E-state index contributed by atoms with van der Waals surface area (Å²) in [5.74, 6) is -0.0298. The van der Waals surface area contributed by atoms with E-state index >= 15 is 0 Å². The molecular weight excluding hydrogens is 418 g/mol. The summed E-state index contributed by atoms with van der Waals surface area (Å²) in [5, 5.41) is 1.37. The third-order valence-corrected chi connectivity index (χ3v) is 6.93. The van der Waals surface area contributed by atoms with Crippen LogP contribution in [0.15, 0.2) is 30.7 Å². The lowest BCUT2D eigenvalue weighted by Gasteiger charge is -2.16. The van der Waals surface area contributed by atoms with Crippen molar-refractivity contribution >= 4 is 42.4 Å². The van der Waals surface area contributed by atoms with Gasteiger partial charge < -0.3 is 19.9 Å². The summed E-state index contributed by atoms with van der Waals surface area (Å²) in [5.41, 5.74) is 8.37. The molecule has 7 nitrogen and oxygen atoms in total. The molecule has 0 fully saturated rings. The van der Waals surface area contributed by atoms with E-state index in [2.05, 4.69) is 29.6 Å². The molecule has 0 radical (unpaired) electrons. The molecule has 0 spiro atoms. The summed E-state index contributed by atoms with van der Waals surface area (Å²) in [6, 6.07) is 4.74. The number of hydrogen-bond acceptors (Lipinski definition) is 5. The van der Waals surface area contributed by atoms with E-state index in [1.807, 2.05) is 16.8 Å². The van der Waals surface area contributed by atoms with Gasteiger partial charge in [0.05, 0.1) is 10.6 Å². The highest BCUT2D eigenvalue weighted by Crippen LogP contribution is 2.34. The van der Waals surface area contributed by atoms with Gasteiger partial charge in [0, 0.05) is 63.9 Å². The van der Waals surface area contributed by atoms with E-state index in [9.17, 15) is 4.79 Å². The lowest BCUT2D eigenvalue weighted by Crippen LogP contribution is -2.23. The topological polar surface area (TPSA) is 86.3 Å². The highest BCUT2D eigenvalue weighted by molar-refractivity contribution is 6.76. The number of amides is 1.